The summed E-state index contributed by atoms with van der Waals surface area (Å²) >= 11 is 0. The van der Waals surface area contributed by atoms with E-state index in [1.54, 1.807) is 4.90 Å². The number of carbonyl (C=O) groups is 1. The quantitative estimate of drug-likeness (QED) is 0.861. The number of hydrogen-bond donors (Lipinski definition) is 2. The summed E-state index contributed by atoms with van der Waals surface area (Å²) in [6.45, 7) is 3.51. The van der Waals surface area contributed by atoms with E-state index < -0.39 is 6.04 Å². The van der Waals surface area contributed by atoms with Crippen LogP contribution in [0.15, 0.2) is 24.3 Å². The molecule has 0 bridgehead atoms. The molecule has 0 radical (unpaired) electrons. The number of nitrogens with two attached hydrogens (primary N) is 1. The lowest BCUT2D eigenvalue weighted by molar-refractivity contribution is -0.134. The van der Waals surface area contributed by atoms with Gasteiger partial charge in [0.05, 0.1) is 0 Å². The van der Waals surface area contributed by atoms with Crippen molar-refractivity contribution in [2.45, 2.75) is 25.8 Å². The van der Waals surface area contributed by atoms with Crippen molar-refractivity contribution in [3.8, 4) is 0 Å². The Labute approximate surface area is 114 Å². The van der Waals surface area contributed by atoms with Crippen LogP contribution in [0, 0.1) is 12.8 Å². The smallest absolute Gasteiger partial charge is 0.244 e. The first-order chi connectivity index (χ1) is 9.11. The summed E-state index contributed by atoms with van der Waals surface area (Å²) < 4.78 is 0. The van der Waals surface area contributed by atoms with E-state index in [9.17, 15) is 9.90 Å². The molecule has 1 saturated heterocycles. The highest BCUT2D eigenvalue weighted by atomic mass is 16.3. The van der Waals surface area contributed by atoms with Gasteiger partial charge in [0.15, 0.2) is 0 Å². The number of carbonyl (C=O) groups excluding carboxylic acids is 1. The zero-order chi connectivity index (χ0) is 13.8. The Bertz CT molecular complexity index is 430. The second kappa shape index (κ2) is 6.17. The zero-order valence-corrected chi connectivity index (χ0v) is 11.4. The molecule has 0 spiro atoms. The van der Waals surface area contributed by atoms with E-state index in [0.717, 1.165) is 30.5 Å². The van der Waals surface area contributed by atoms with Crippen molar-refractivity contribution in [2.75, 3.05) is 19.7 Å². The number of nitrogens with zero attached hydrogens (tertiary/aromatic N) is 1. The maximum Gasteiger partial charge on any atom is 0.244 e. The molecule has 2 rings (SSSR count). The van der Waals surface area contributed by atoms with E-state index in [-0.39, 0.29) is 18.4 Å². The average molecular weight is 262 g/mol. The van der Waals surface area contributed by atoms with Gasteiger partial charge in [-0.2, -0.15) is 0 Å². The molecule has 3 N–H and O–H groups in total. The summed E-state index contributed by atoms with van der Waals surface area (Å²) in [6.07, 6.45) is 1.93. The first-order valence-electron chi connectivity index (χ1n) is 6.83. The minimum atomic E-state index is -0.599. The predicted octanol–water partition coefficient (Wildman–Crippen LogP) is 1.23. The number of likely N-dealkylation sites (tertiary alicyclic amines) is 1. The number of amides is 1. The maximum atomic E-state index is 12.4. The molecule has 2 unspecified atom stereocenters. The average Bonchev–Trinajstić information content (AvgIpc) is 2.46. The summed E-state index contributed by atoms with van der Waals surface area (Å²) in [4.78, 5) is 14.2. The normalized spacial score (nSPS) is 21.2. The van der Waals surface area contributed by atoms with Crippen LogP contribution in [0.4, 0.5) is 0 Å². The van der Waals surface area contributed by atoms with E-state index in [0.29, 0.717) is 6.54 Å². The number of piperidine rings is 1. The number of hydrogen-bond acceptors (Lipinski definition) is 3. The molecule has 4 heteroatoms. The van der Waals surface area contributed by atoms with Gasteiger partial charge in [-0.3, -0.25) is 4.79 Å². The van der Waals surface area contributed by atoms with E-state index in [4.69, 9.17) is 5.73 Å². The SMILES string of the molecule is Cc1ccc(C(N)C(=O)N2CCCC(CO)C2)cc1. The van der Waals surface area contributed by atoms with Crippen LogP contribution in [0.2, 0.25) is 0 Å². The Balaban J connectivity index is 2.04. The van der Waals surface area contributed by atoms with E-state index in [2.05, 4.69) is 0 Å². The lowest BCUT2D eigenvalue weighted by Crippen LogP contribution is -2.45. The van der Waals surface area contributed by atoms with Gasteiger partial charge in [0.1, 0.15) is 6.04 Å². The molecule has 1 aliphatic heterocycles. The summed E-state index contributed by atoms with van der Waals surface area (Å²) in [7, 11) is 0. The van der Waals surface area contributed by atoms with Gasteiger partial charge in [0, 0.05) is 19.7 Å². The number of rotatable bonds is 3. The fourth-order valence-corrected chi connectivity index (χ4v) is 2.53. The fraction of sp³-hybridized carbons (Fsp3) is 0.533. The van der Waals surface area contributed by atoms with Crippen LogP contribution >= 0.6 is 0 Å². The topological polar surface area (TPSA) is 66.6 Å². The van der Waals surface area contributed by atoms with Gasteiger partial charge in [0.2, 0.25) is 5.91 Å². The highest BCUT2D eigenvalue weighted by Gasteiger charge is 2.27. The fourth-order valence-electron chi connectivity index (χ4n) is 2.53. The maximum absolute atomic E-state index is 12.4. The predicted molar refractivity (Wildman–Crippen MR) is 74.5 cm³/mol. The van der Waals surface area contributed by atoms with Crippen molar-refractivity contribution in [1.82, 2.24) is 4.90 Å². The molecule has 1 aromatic carbocycles. The van der Waals surface area contributed by atoms with Gasteiger partial charge in [-0.05, 0) is 31.2 Å². The Hall–Kier alpha value is -1.39. The van der Waals surface area contributed by atoms with Crippen molar-refractivity contribution in [3.63, 3.8) is 0 Å². The summed E-state index contributed by atoms with van der Waals surface area (Å²) in [5, 5.41) is 9.21. The van der Waals surface area contributed by atoms with Crippen LogP contribution in [-0.2, 0) is 4.79 Å². The molecule has 4 nitrogen and oxygen atoms in total. The molecule has 1 aromatic rings. The minimum absolute atomic E-state index is 0.0398. The first kappa shape index (κ1) is 14.0. The Morgan fingerprint density at radius 2 is 2.16 bits per heavy atom. The van der Waals surface area contributed by atoms with Gasteiger partial charge >= 0.3 is 0 Å². The molecular formula is C15H22N2O2. The number of aliphatic hydroxyl groups is 1. The molecule has 0 saturated carbocycles. The molecule has 0 aromatic heterocycles. The van der Waals surface area contributed by atoms with Crippen molar-refractivity contribution >= 4 is 5.91 Å². The number of benzene rings is 1. The third-order valence-electron chi connectivity index (χ3n) is 3.79. The van der Waals surface area contributed by atoms with Crippen molar-refractivity contribution in [2.24, 2.45) is 11.7 Å². The highest BCUT2D eigenvalue weighted by Crippen LogP contribution is 2.20. The van der Waals surface area contributed by atoms with Gasteiger partial charge in [-0.15, -0.1) is 0 Å². The second-order valence-electron chi connectivity index (χ2n) is 5.36. The summed E-state index contributed by atoms with van der Waals surface area (Å²) in [6, 6.07) is 7.15. The standard InChI is InChI=1S/C15H22N2O2/c1-11-4-6-13(7-5-11)14(16)15(19)17-8-2-3-12(9-17)10-18/h4-7,12,14,18H,2-3,8-10,16H2,1H3. The van der Waals surface area contributed by atoms with Gasteiger partial charge < -0.3 is 15.7 Å². The van der Waals surface area contributed by atoms with Crippen molar-refractivity contribution in [1.29, 1.82) is 0 Å². The number of aryl methyl sites for hydroxylation is 1. The van der Waals surface area contributed by atoms with Crippen molar-refractivity contribution in [3.05, 3.63) is 35.4 Å². The lowest BCUT2D eigenvalue weighted by atomic mass is 9.97. The van der Waals surface area contributed by atoms with Crippen LogP contribution in [0.3, 0.4) is 0 Å². The van der Waals surface area contributed by atoms with Crippen LogP contribution in [-0.4, -0.2) is 35.6 Å². The van der Waals surface area contributed by atoms with Gasteiger partial charge in [0.25, 0.3) is 0 Å². The molecule has 19 heavy (non-hydrogen) atoms. The summed E-state index contributed by atoms with van der Waals surface area (Å²) in [5.74, 6) is 0.157. The molecule has 0 aliphatic carbocycles. The first-order valence-corrected chi connectivity index (χ1v) is 6.83. The Morgan fingerprint density at radius 1 is 1.47 bits per heavy atom. The molecule has 1 amide bonds. The van der Waals surface area contributed by atoms with Crippen LogP contribution in [0.25, 0.3) is 0 Å². The van der Waals surface area contributed by atoms with Gasteiger partial charge in [-0.1, -0.05) is 29.8 Å². The third-order valence-corrected chi connectivity index (χ3v) is 3.79. The second-order valence-corrected chi connectivity index (χ2v) is 5.36. The molecule has 2 atom stereocenters. The van der Waals surface area contributed by atoms with Crippen LogP contribution in [0.5, 0.6) is 0 Å². The Morgan fingerprint density at radius 3 is 2.79 bits per heavy atom. The van der Waals surface area contributed by atoms with E-state index in [1.807, 2.05) is 31.2 Å². The lowest BCUT2D eigenvalue weighted by Gasteiger charge is -2.33. The Kier molecular flexibility index (Phi) is 4.56. The molecule has 1 aliphatic rings. The monoisotopic (exact) mass is 262 g/mol. The largest absolute Gasteiger partial charge is 0.396 e. The highest BCUT2D eigenvalue weighted by molar-refractivity contribution is 5.83. The third kappa shape index (κ3) is 3.33. The molecule has 1 heterocycles. The molecule has 104 valence electrons. The molecular weight excluding hydrogens is 240 g/mol. The zero-order valence-electron chi connectivity index (χ0n) is 11.4. The molecule has 1 fully saturated rings. The minimum Gasteiger partial charge on any atom is -0.396 e. The van der Waals surface area contributed by atoms with Crippen molar-refractivity contribution < 1.29 is 9.90 Å². The van der Waals surface area contributed by atoms with Gasteiger partial charge in [-0.25, -0.2) is 0 Å². The number of aliphatic hydroxyl groups excluding tert-OH is 1. The van der Waals surface area contributed by atoms with Crippen LogP contribution < -0.4 is 5.73 Å². The van der Waals surface area contributed by atoms with Crippen LogP contribution in [0.1, 0.15) is 30.0 Å². The summed E-state index contributed by atoms with van der Waals surface area (Å²) in [5.41, 5.74) is 8.06. The van der Waals surface area contributed by atoms with E-state index in [1.165, 1.54) is 0 Å². The van der Waals surface area contributed by atoms with E-state index >= 15 is 0 Å².